The van der Waals surface area contributed by atoms with E-state index in [1.807, 2.05) is 25.1 Å². The first-order valence-corrected chi connectivity index (χ1v) is 4.52. The minimum absolute atomic E-state index is 0.0580. The maximum Gasteiger partial charge on any atom is 0.0572 e. The zero-order valence-electron chi connectivity index (χ0n) is 6.85. The molecule has 0 aliphatic rings. The van der Waals surface area contributed by atoms with Gasteiger partial charge in [0, 0.05) is 5.02 Å². The van der Waals surface area contributed by atoms with Crippen molar-refractivity contribution in [3.05, 3.63) is 40.9 Å². The summed E-state index contributed by atoms with van der Waals surface area (Å²) in [5.41, 5.74) is 2.00. The van der Waals surface area contributed by atoms with E-state index >= 15 is 0 Å². The predicted molar refractivity (Wildman–Crippen MR) is 55.8 cm³/mol. The Morgan fingerprint density at radius 1 is 1.50 bits per heavy atom. The van der Waals surface area contributed by atoms with Crippen molar-refractivity contribution >= 4 is 29.3 Å². The minimum atomic E-state index is -0.0580. The van der Waals surface area contributed by atoms with Crippen molar-refractivity contribution in [3.8, 4) is 0 Å². The summed E-state index contributed by atoms with van der Waals surface area (Å²) >= 11 is 11.8. The van der Waals surface area contributed by atoms with Crippen LogP contribution in [0.15, 0.2) is 24.8 Å². The second-order valence-corrected chi connectivity index (χ2v) is 3.66. The van der Waals surface area contributed by atoms with Gasteiger partial charge in [-0.25, -0.2) is 0 Å². The third-order valence-corrected chi connectivity index (χ3v) is 2.26. The van der Waals surface area contributed by atoms with Gasteiger partial charge in [0.25, 0.3) is 0 Å². The molecule has 0 aliphatic carbocycles. The van der Waals surface area contributed by atoms with Gasteiger partial charge in [-0.15, -0.1) is 11.6 Å². The molecule has 0 aromatic heterocycles. The van der Waals surface area contributed by atoms with Crippen LogP contribution in [0.1, 0.15) is 23.4 Å². The van der Waals surface area contributed by atoms with Crippen LogP contribution in [0.2, 0.25) is 5.02 Å². The molecule has 0 aliphatic heterocycles. The Kier molecular flexibility index (Phi) is 3.19. The summed E-state index contributed by atoms with van der Waals surface area (Å²) in [4.78, 5) is 0. The lowest BCUT2D eigenvalue weighted by Crippen LogP contribution is -1.86. The molecule has 0 heterocycles. The molecule has 0 radical (unpaired) electrons. The number of halogens is 2. The zero-order chi connectivity index (χ0) is 9.14. The minimum Gasteiger partial charge on any atom is -0.118 e. The van der Waals surface area contributed by atoms with Crippen LogP contribution in [-0.2, 0) is 0 Å². The van der Waals surface area contributed by atoms with Gasteiger partial charge in [-0.2, -0.15) is 0 Å². The van der Waals surface area contributed by atoms with E-state index in [1.54, 1.807) is 6.08 Å². The van der Waals surface area contributed by atoms with Gasteiger partial charge < -0.3 is 0 Å². The van der Waals surface area contributed by atoms with Crippen molar-refractivity contribution in [3.63, 3.8) is 0 Å². The topological polar surface area (TPSA) is 0 Å². The molecule has 2 heteroatoms. The van der Waals surface area contributed by atoms with Gasteiger partial charge in [0.05, 0.1) is 5.38 Å². The summed E-state index contributed by atoms with van der Waals surface area (Å²) in [6.07, 6.45) is 1.78. The maximum absolute atomic E-state index is 5.93. The van der Waals surface area contributed by atoms with Gasteiger partial charge in [-0.1, -0.05) is 30.3 Å². The molecule has 0 amide bonds. The number of alkyl halides is 1. The van der Waals surface area contributed by atoms with E-state index in [0.29, 0.717) is 5.02 Å². The Balaban J connectivity index is 3.16. The second kappa shape index (κ2) is 3.97. The molecule has 1 atom stereocenters. The fourth-order valence-electron chi connectivity index (χ4n) is 0.994. The molecule has 1 unspecified atom stereocenters. The van der Waals surface area contributed by atoms with E-state index < -0.39 is 0 Å². The van der Waals surface area contributed by atoms with E-state index in [2.05, 4.69) is 6.58 Å². The smallest absolute Gasteiger partial charge is 0.0572 e. The van der Waals surface area contributed by atoms with E-state index in [-0.39, 0.29) is 5.38 Å². The molecule has 0 spiro atoms. The van der Waals surface area contributed by atoms with E-state index in [0.717, 1.165) is 11.1 Å². The molecule has 0 nitrogen and oxygen atoms in total. The van der Waals surface area contributed by atoms with Crippen molar-refractivity contribution in [1.29, 1.82) is 0 Å². The van der Waals surface area contributed by atoms with Crippen LogP contribution < -0.4 is 0 Å². The first kappa shape index (κ1) is 9.63. The Morgan fingerprint density at radius 3 is 2.67 bits per heavy atom. The lowest BCUT2D eigenvalue weighted by Gasteiger charge is -2.06. The molecular weight excluding hydrogens is 191 g/mol. The molecule has 64 valence electrons. The van der Waals surface area contributed by atoms with Gasteiger partial charge in [-0.3, -0.25) is 0 Å². The fraction of sp³-hybridized carbons (Fsp3) is 0.200. The molecule has 1 rings (SSSR count). The fourth-order valence-corrected chi connectivity index (χ4v) is 1.51. The normalized spacial score (nSPS) is 12.6. The van der Waals surface area contributed by atoms with Crippen molar-refractivity contribution < 1.29 is 0 Å². The third kappa shape index (κ3) is 2.02. The number of hydrogen-bond donors (Lipinski definition) is 0. The van der Waals surface area contributed by atoms with Crippen LogP contribution in [0.4, 0.5) is 0 Å². The third-order valence-electron chi connectivity index (χ3n) is 1.68. The highest BCUT2D eigenvalue weighted by Gasteiger charge is 2.05. The van der Waals surface area contributed by atoms with Crippen molar-refractivity contribution in [2.45, 2.75) is 12.3 Å². The molecule has 1 aromatic rings. The van der Waals surface area contributed by atoms with E-state index in [1.165, 1.54) is 0 Å². The average Bonchev–Trinajstić information content (AvgIpc) is 2.05. The van der Waals surface area contributed by atoms with Crippen LogP contribution in [0.5, 0.6) is 0 Å². The summed E-state index contributed by atoms with van der Waals surface area (Å²) in [5.74, 6) is 0. The van der Waals surface area contributed by atoms with Gasteiger partial charge in [0.1, 0.15) is 0 Å². The van der Waals surface area contributed by atoms with Crippen LogP contribution in [0, 0.1) is 0 Å². The van der Waals surface area contributed by atoms with Crippen LogP contribution in [0.3, 0.4) is 0 Å². The molecule has 0 saturated carbocycles. The summed E-state index contributed by atoms with van der Waals surface area (Å²) in [7, 11) is 0. The molecule has 12 heavy (non-hydrogen) atoms. The Morgan fingerprint density at radius 2 is 2.17 bits per heavy atom. The van der Waals surface area contributed by atoms with Gasteiger partial charge in [0.2, 0.25) is 0 Å². The summed E-state index contributed by atoms with van der Waals surface area (Å²) in [6.45, 7) is 5.57. The lowest BCUT2D eigenvalue weighted by atomic mass is 10.1. The largest absolute Gasteiger partial charge is 0.118 e. The van der Waals surface area contributed by atoms with Crippen LogP contribution >= 0.6 is 23.2 Å². The van der Waals surface area contributed by atoms with Gasteiger partial charge >= 0.3 is 0 Å². The quantitative estimate of drug-likeness (QED) is 0.626. The van der Waals surface area contributed by atoms with Gasteiger partial charge in [0.15, 0.2) is 0 Å². The standard InChI is InChI=1S/C10H10Cl2/c1-3-8-4-5-10(12)9(6-8)7(2)11/h3-7H,1H2,2H3. The molecule has 0 fully saturated rings. The van der Waals surface area contributed by atoms with Crippen molar-refractivity contribution in [2.75, 3.05) is 0 Å². The Labute approximate surface area is 82.8 Å². The van der Waals surface area contributed by atoms with Crippen LogP contribution in [0.25, 0.3) is 6.08 Å². The van der Waals surface area contributed by atoms with Crippen LogP contribution in [-0.4, -0.2) is 0 Å². The second-order valence-electron chi connectivity index (χ2n) is 2.60. The first-order chi connectivity index (χ1) is 5.65. The average molecular weight is 201 g/mol. The summed E-state index contributed by atoms with van der Waals surface area (Å²) < 4.78 is 0. The van der Waals surface area contributed by atoms with E-state index in [9.17, 15) is 0 Å². The molecule has 1 aromatic carbocycles. The van der Waals surface area contributed by atoms with Gasteiger partial charge in [-0.05, 0) is 30.2 Å². The first-order valence-electron chi connectivity index (χ1n) is 3.71. The highest BCUT2D eigenvalue weighted by molar-refractivity contribution is 6.32. The molecular formula is C10H10Cl2. The maximum atomic E-state index is 5.93. The molecule has 0 N–H and O–H groups in total. The number of hydrogen-bond acceptors (Lipinski definition) is 0. The summed E-state index contributed by atoms with van der Waals surface area (Å²) in [6, 6.07) is 5.71. The molecule has 0 bridgehead atoms. The highest BCUT2D eigenvalue weighted by atomic mass is 35.5. The number of rotatable bonds is 2. The monoisotopic (exact) mass is 200 g/mol. The number of benzene rings is 1. The van der Waals surface area contributed by atoms with Crippen molar-refractivity contribution in [2.24, 2.45) is 0 Å². The zero-order valence-corrected chi connectivity index (χ0v) is 8.36. The Hall–Kier alpha value is -0.460. The lowest BCUT2D eigenvalue weighted by molar-refractivity contribution is 1.08. The SMILES string of the molecule is C=Cc1ccc(Cl)c(C(C)Cl)c1. The van der Waals surface area contributed by atoms with E-state index in [4.69, 9.17) is 23.2 Å². The highest BCUT2D eigenvalue weighted by Crippen LogP contribution is 2.28. The summed E-state index contributed by atoms with van der Waals surface area (Å²) in [5, 5.41) is 0.653. The van der Waals surface area contributed by atoms with Crippen molar-refractivity contribution in [1.82, 2.24) is 0 Å². The Bertz CT molecular complexity index is 290. The predicted octanol–water partition coefficient (Wildman–Crippen LogP) is 4.28. The molecule has 0 saturated heterocycles.